The third kappa shape index (κ3) is 2.80. The second-order valence-electron chi connectivity index (χ2n) is 3.22. The Kier molecular flexibility index (Phi) is 3.39. The molecule has 17 heavy (non-hydrogen) atoms. The average Bonchev–Trinajstić information content (AvgIpc) is 2.59. The van der Waals surface area contributed by atoms with Crippen LogP contribution < -0.4 is 0 Å². The molecule has 0 aromatic carbocycles. The summed E-state index contributed by atoms with van der Waals surface area (Å²) in [4.78, 5) is 14.1. The fourth-order valence-corrected chi connectivity index (χ4v) is 1.94. The van der Waals surface area contributed by atoms with Gasteiger partial charge >= 0.3 is 5.82 Å². The number of pyridine rings is 1. The highest BCUT2D eigenvalue weighted by Gasteiger charge is 2.18. The summed E-state index contributed by atoms with van der Waals surface area (Å²) in [6.07, 6.45) is 3.10. The molecule has 2 aromatic rings. The molecule has 0 amide bonds. The quantitative estimate of drug-likeness (QED) is 0.644. The summed E-state index contributed by atoms with van der Waals surface area (Å²) < 4.78 is 1.77. The van der Waals surface area contributed by atoms with Crippen LogP contribution >= 0.6 is 27.5 Å². The molecule has 0 atom stereocenters. The van der Waals surface area contributed by atoms with Gasteiger partial charge in [-0.25, -0.2) is 0 Å². The summed E-state index contributed by atoms with van der Waals surface area (Å²) in [5.74, 6) is -0.216. The predicted octanol–water partition coefficient (Wildman–Crippen LogP) is 2.65. The molecule has 2 aromatic heterocycles. The van der Waals surface area contributed by atoms with Crippen molar-refractivity contribution in [1.82, 2.24) is 14.8 Å². The lowest BCUT2D eigenvalue weighted by molar-refractivity contribution is -0.390. The SMILES string of the molecule is O=[N+]([O-])c1nn(Cc2cc(Cl)ccn2)cc1Br. The van der Waals surface area contributed by atoms with Gasteiger partial charge in [0.25, 0.3) is 0 Å². The van der Waals surface area contributed by atoms with Crippen molar-refractivity contribution in [3.8, 4) is 0 Å². The van der Waals surface area contributed by atoms with Crippen molar-refractivity contribution in [2.45, 2.75) is 6.54 Å². The van der Waals surface area contributed by atoms with E-state index in [1.807, 2.05) is 0 Å². The second-order valence-corrected chi connectivity index (χ2v) is 4.51. The first-order valence-electron chi connectivity index (χ1n) is 4.54. The van der Waals surface area contributed by atoms with Gasteiger partial charge in [0.1, 0.15) is 11.0 Å². The van der Waals surface area contributed by atoms with Gasteiger partial charge in [0, 0.05) is 11.2 Å². The van der Waals surface area contributed by atoms with Gasteiger partial charge in [-0.05, 0) is 33.0 Å². The summed E-state index contributed by atoms with van der Waals surface area (Å²) in [7, 11) is 0. The van der Waals surface area contributed by atoms with Gasteiger partial charge in [-0.2, -0.15) is 4.68 Å². The maximum atomic E-state index is 10.6. The van der Waals surface area contributed by atoms with Crippen LogP contribution in [0.25, 0.3) is 0 Å². The van der Waals surface area contributed by atoms with E-state index in [1.165, 1.54) is 10.9 Å². The molecule has 0 saturated carbocycles. The predicted molar refractivity (Wildman–Crippen MR) is 64.9 cm³/mol. The Labute approximate surface area is 110 Å². The van der Waals surface area contributed by atoms with Crippen molar-refractivity contribution in [3.05, 3.63) is 49.8 Å². The molecule has 0 saturated heterocycles. The Hall–Kier alpha value is -1.47. The Morgan fingerprint density at radius 2 is 2.35 bits per heavy atom. The maximum absolute atomic E-state index is 10.6. The van der Waals surface area contributed by atoms with Crippen LogP contribution in [0.3, 0.4) is 0 Å². The highest BCUT2D eigenvalue weighted by atomic mass is 79.9. The molecule has 6 nitrogen and oxygen atoms in total. The molecule has 0 N–H and O–H groups in total. The van der Waals surface area contributed by atoms with E-state index in [4.69, 9.17) is 11.6 Å². The lowest BCUT2D eigenvalue weighted by Crippen LogP contribution is -2.02. The van der Waals surface area contributed by atoms with Crippen LogP contribution in [-0.2, 0) is 6.54 Å². The summed E-state index contributed by atoms with van der Waals surface area (Å²) in [6.45, 7) is 0.326. The summed E-state index contributed by atoms with van der Waals surface area (Å²) >= 11 is 8.88. The number of hydrogen-bond donors (Lipinski definition) is 0. The van der Waals surface area contributed by atoms with E-state index in [2.05, 4.69) is 26.0 Å². The van der Waals surface area contributed by atoms with Gasteiger partial charge in [-0.1, -0.05) is 11.6 Å². The van der Waals surface area contributed by atoms with Crippen LogP contribution in [0.2, 0.25) is 5.02 Å². The van der Waals surface area contributed by atoms with Gasteiger partial charge in [-0.15, -0.1) is 0 Å². The number of halogens is 2. The molecule has 0 aliphatic rings. The molecule has 88 valence electrons. The third-order valence-electron chi connectivity index (χ3n) is 1.97. The van der Waals surface area contributed by atoms with E-state index in [1.54, 1.807) is 18.3 Å². The smallest absolute Gasteiger partial charge is 0.358 e. The van der Waals surface area contributed by atoms with Gasteiger partial charge in [0.05, 0.1) is 17.0 Å². The maximum Gasteiger partial charge on any atom is 0.404 e. The molecule has 0 unspecified atom stereocenters. The second kappa shape index (κ2) is 4.80. The largest absolute Gasteiger partial charge is 0.404 e. The molecule has 2 heterocycles. The number of nitro groups is 1. The normalized spacial score (nSPS) is 10.5. The summed E-state index contributed by atoms with van der Waals surface area (Å²) in [5.41, 5.74) is 0.683. The highest BCUT2D eigenvalue weighted by Crippen LogP contribution is 2.22. The summed E-state index contributed by atoms with van der Waals surface area (Å²) in [5, 5.41) is 15.0. The minimum absolute atomic E-state index is 0.216. The van der Waals surface area contributed by atoms with Crippen molar-refractivity contribution in [1.29, 1.82) is 0 Å². The topological polar surface area (TPSA) is 73.8 Å². The molecule has 0 spiro atoms. The number of hydrogen-bond acceptors (Lipinski definition) is 4. The molecular weight excluding hydrogens is 311 g/mol. The number of rotatable bonds is 3. The molecule has 8 heteroatoms. The Morgan fingerprint density at radius 1 is 1.59 bits per heavy atom. The van der Waals surface area contributed by atoms with Crippen LogP contribution in [0.15, 0.2) is 29.0 Å². The first-order valence-corrected chi connectivity index (χ1v) is 5.71. The zero-order valence-electron chi connectivity index (χ0n) is 8.38. The molecule has 2 rings (SSSR count). The van der Waals surface area contributed by atoms with E-state index >= 15 is 0 Å². The fourth-order valence-electron chi connectivity index (χ4n) is 1.29. The third-order valence-corrected chi connectivity index (χ3v) is 2.77. The van der Waals surface area contributed by atoms with E-state index in [9.17, 15) is 10.1 Å². The van der Waals surface area contributed by atoms with E-state index in [0.717, 1.165) is 0 Å². The molecule has 0 radical (unpaired) electrons. The lowest BCUT2D eigenvalue weighted by atomic mass is 10.3. The molecule has 0 bridgehead atoms. The molecule has 0 aliphatic carbocycles. The van der Waals surface area contributed by atoms with E-state index in [0.29, 0.717) is 21.7 Å². The van der Waals surface area contributed by atoms with Crippen LogP contribution in [0, 0.1) is 10.1 Å². The Bertz CT molecular complexity index is 572. The summed E-state index contributed by atoms with van der Waals surface area (Å²) in [6, 6.07) is 3.34. The lowest BCUT2D eigenvalue weighted by Gasteiger charge is -1.97. The minimum atomic E-state index is -0.550. The molecular formula is C9H6BrClN4O2. The first kappa shape index (κ1) is 12.0. The number of nitrogens with zero attached hydrogens (tertiary/aromatic N) is 4. The van der Waals surface area contributed by atoms with Gasteiger partial charge < -0.3 is 10.1 Å². The molecule has 0 aliphatic heterocycles. The first-order chi connectivity index (χ1) is 8.06. The van der Waals surface area contributed by atoms with Gasteiger partial charge in [-0.3, -0.25) is 4.98 Å². The van der Waals surface area contributed by atoms with Crippen molar-refractivity contribution < 1.29 is 4.92 Å². The van der Waals surface area contributed by atoms with Crippen LogP contribution in [0.1, 0.15) is 5.69 Å². The van der Waals surface area contributed by atoms with Crippen molar-refractivity contribution in [3.63, 3.8) is 0 Å². The highest BCUT2D eigenvalue weighted by molar-refractivity contribution is 9.10. The monoisotopic (exact) mass is 316 g/mol. The average molecular weight is 318 g/mol. The fraction of sp³-hybridized carbons (Fsp3) is 0.111. The standard InChI is InChI=1S/C9H6BrClN4O2/c10-8-5-14(13-9(8)15(16)17)4-7-3-6(11)1-2-12-7/h1-3,5H,4H2. The van der Waals surface area contributed by atoms with Gasteiger partial charge in [0.2, 0.25) is 0 Å². The van der Waals surface area contributed by atoms with Crippen molar-refractivity contribution in [2.75, 3.05) is 0 Å². The van der Waals surface area contributed by atoms with E-state index < -0.39 is 4.92 Å². The minimum Gasteiger partial charge on any atom is -0.358 e. The van der Waals surface area contributed by atoms with Crippen LogP contribution in [0.4, 0.5) is 5.82 Å². The van der Waals surface area contributed by atoms with E-state index in [-0.39, 0.29) is 5.82 Å². The zero-order chi connectivity index (χ0) is 12.4. The van der Waals surface area contributed by atoms with Crippen molar-refractivity contribution >= 4 is 33.3 Å². The zero-order valence-corrected chi connectivity index (χ0v) is 10.7. The van der Waals surface area contributed by atoms with Crippen LogP contribution in [0.5, 0.6) is 0 Å². The van der Waals surface area contributed by atoms with Gasteiger partial charge in [0.15, 0.2) is 0 Å². The molecule has 0 fully saturated rings. The Morgan fingerprint density at radius 3 is 2.94 bits per heavy atom. The van der Waals surface area contributed by atoms with Crippen LogP contribution in [-0.4, -0.2) is 19.7 Å². The number of aromatic nitrogens is 3. The Balaban J connectivity index is 2.25. The van der Waals surface area contributed by atoms with Crippen molar-refractivity contribution in [2.24, 2.45) is 0 Å².